The van der Waals surface area contributed by atoms with Gasteiger partial charge in [-0.25, -0.2) is 4.39 Å². The van der Waals surface area contributed by atoms with Crippen LogP contribution in [0.15, 0.2) is 18.2 Å². The molecule has 4 heteroatoms. The number of hydrogen-bond acceptors (Lipinski definition) is 2. The van der Waals surface area contributed by atoms with Crippen LogP contribution in [0.3, 0.4) is 0 Å². The summed E-state index contributed by atoms with van der Waals surface area (Å²) in [7, 11) is 0. The summed E-state index contributed by atoms with van der Waals surface area (Å²) >= 11 is 0. The van der Waals surface area contributed by atoms with Gasteiger partial charge < -0.3 is 9.64 Å². The van der Waals surface area contributed by atoms with Gasteiger partial charge in [0.05, 0.1) is 0 Å². The summed E-state index contributed by atoms with van der Waals surface area (Å²) in [5.74, 6) is 0.0938. The molecular weight excluding hydrogens is 257 g/mol. The van der Waals surface area contributed by atoms with Crippen molar-refractivity contribution in [2.75, 3.05) is 13.1 Å². The Morgan fingerprint density at radius 3 is 2.55 bits per heavy atom. The Balaban J connectivity index is 2.01. The topological polar surface area (TPSA) is 29.5 Å². The first-order valence-corrected chi connectivity index (χ1v) is 7.29. The number of rotatable bonds is 3. The third kappa shape index (κ3) is 3.71. The van der Waals surface area contributed by atoms with E-state index in [9.17, 15) is 9.18 Å². The van der Waals surface area contributed by atoms with Gasteiger partial charge in [-0.1, -0.05) is 18.9 Å². The van der Waals surface area contributed by atoms with Crippen molar-refractivity contribution in [3.63, 3.8) is 0 Å². The van der Waals surface area contributed by atoms with Crippen molar-refractivity contribution in [3.05, 3.63) is 29.6 Å². The van der Waals surface area contributed by atoms with E-state index >= 15 is 0 Å². The molecule has 0 bridgehead atoms. The standard InChI is InChI=1S/C16H22FNO2/c1-12-7-8-14(17)11-15(12)20-13(2)16(19)18-9-5-3-4-6-10-18/h7-8,11,13H,3-6,9-10H2,1-2H3. The second-order valence-electron chi connectivity index (χ2n) is 5.41. The van der Waals surface area contributed by atoms with Crippen molar-refractivity contribution in [2.45, 2.75) is 45.6 Å². The van der Waals surface area contributed by atoms with Crippen LogP contribution >= 0.6 is 0 Å². The zero-order chi connectivity index (χ0) is 14.5. The van der Waals surface area contributed by atoms with E-state index in [0.717, 1.165) is 31.5 Å². The quantitative estimate of drug-likeness (QED) is 0.849. The van der Waals surface area contributed by atoms with Crippen molar-refractivity contribution < 1.29 is 13.9 Å². The largest absolute Gasteiger partial charge is 0.481 e. The first kappa shape index (κ1) is 14.8. The van der Waals surface area contributed by atoms with Crippen molar-refractivity contribution in [1.29, 1.82) is 0 Å². The van der Waals surface area contributed by atoms with Crippen LogP contribution in [-0.4, -0.2) is 30.0 Å². The molecule has 1 heterocycles. The van der Waals surface area contributed by atoms with E-state index in [-0.39, 0.29) is 11.7 Å². The summed E-state index contributed by atoms with van der Waals surface area (Å²) in [5, 5.41) is 0. The Morgan fingerprint density at radius 1 is 1.25 bits per heavy atom. The molecule has 3 nitrogen and oxygen atoms in total. The van der Waals surface area contributed by atoms with Crippen LogP contribution in [0.4, 0.5) is 4.39 Å². The van der Waals surface area contributed by atoms with E-state index < -0.39 is 6.10 Å². The fourth-order valence-electron chi connectivity index (χ4n) is 2.49. The SMILES string of the molecule is Cc1ccc(F)cc1OC(C)C(=O)N1CCCCCC1. The Bertz CT molecular complexity index is 468. The van der Waals surface area contributed by atoms with Gasteiger partial charge in [0, 0.05) is 19.2 Å². The molecule has 110 valence electrons. The molecule has 1 aliphatic rings. The van der Waals surface area contributed by atoms with Crippen molar-refractivity contribution in [3.8, 4) is 5.75 Å². The first-order chi connectivity index (χ1) is 9.58. The number of benzene rings is 1. The average molecular weight is 279 g/mol. The minimum absolute atomic E-state index is 0.00411. The van der Waals surface area contributed by atoms with Gasteiger partial charge in [-0.15, -0.1) is 0 Å². The molecule has 0 aliphatic carbocycles. The van der Waals surface area contributed by atoms with Crippen molar-refractivity contribution in [1.82, 2.24) is 4.90 Å². The highest BCUT2D eigenvalue weighted by Gasteiger charge is 2.23. The maximum absolute atomic E-state index is 13.2. The molecular formula is C16H22FNO2. The lowest BCUT2D eigenvalue weighted by Gasteiger charge is -2.25. The lowest BCUT2D eigenvalue weighted by atomic mass is 10.2. The maximum Gasteiger partial charge on any atom is 0.263 e. The average Bonchev–Trinajstić information content (AvgIpc) is 2.71. The molecule has 1 aliphatic heterocycles. The van der Waals surface area contributed by atoms with Crippen LogP contribution < -0.4 is 4.74 Å². The highest BCUT2D eigenvalue weighted by molar-refractivity contribution is 5.81. The van der Waals surface area contributed by atoms with Crippen LogP contribution in [0.25, 0.3) is 0 Å². The summed E-state index contributed by atoms with van der Waals surface area (Å²) < 4.78 is 18.9. The Morgan fingerprint density at radius 2 is 1.90 bits per heavy atom. The predicted molar refractivity (Wildman–Crippen MR) is 76.3 cm³/mol. The van der Waals surface area contributed by atoms with Gasteiger partial charge in [-0.3, -0.25) is 4.79 Å². The third-order valence-corrected chi connectivity index (χ3v) is 3.72. The van der Waals surface area contributed by atoms with Crippen LogP contribution in [-0.2, 0) is 4.79 Å². The molecule has 1 saturated heterocycles. The van der Waals surface area contributed by atoms with Crippen LogP contribution in [0.2, 0.25) is 0 Å². The number of amides is 1. The van der Waals surface area contributed by atoms with Crippen molar-refractivity contribution >= 4 is 5.91 Å². The molecule has 0 spiro atoms. The Labute approximate surface area is 119 Å². The van der Waals surface area contributed by atoms with Gasteiger partial charge in [0.1, 0.15) is 11.6 Å². The monoisotopic (exact) mass is 279 g/mol. The van der Waals surface area contributed by atoms with E-state index in [2.05, 4.69) is 0 Å². The van der Waals surface area contributed by atoms with Crippen LogP contribution in [0, 0.1) is 12.7 Å². The third-order valence-electron chi connectivity index (χ3n) is 3.72. The summed E-state index contributed by atoms with van der Waals surface area (Å²) in [6, 6.07) is 4.39. The minimum atomic E-state index is -0.575. The fourth-order valence-corrected chi connectivity index (χ4v) is 2.49. The van der Waals surface area contributed by atoms with Gasteiger partial charge in [-0.2, -0.15) is 0 Å². The highest BCUT2D eigenvalue weighted by atomic mass is 19.1. The van der Waals surface area contributed by atoms with E-state index in [1.807, 2.05) is 11.8 Å². The second kappa shape index (κ2) is 6.73. The number of aryl methyl sites for hydroxylation is 1. The molecule has 20 heavy (non-hydrogen) atoms. The van der Waals surface area contributed by atoms with Crippen molar-refractivity contribution in [2.24, 2.45) is 0 Å². The summed E-state index contributed by atoms with van der Waals surface area (Å²) in [4.78, 5) is 14.2. The number of nitrogens with zero attached hydrogens (tertiary/aromatic N) is 1. The van der Waals surface area contributed by atoms with E-state index in [1.54, 1.807) is 13.0 Å². The van der Waals surface area contributed by atoms with Gasteiger partial charge in [-0.05, 0) is 38.3 Å². The second-order valence-corrected chi connectivity index (χ2v) is 5.41. The number of likely N-dealkylation sites (tertiary alicyclic amines) is 1. The van der Waals surface area contributed by atoms with Gasteiger partial charge in [0.25, 0.3) is 5.91 Å². The number of carbonyl (C=O) groups excluding carboxylic acids is 1. The molecule has 1 amide bonds. The van der Waals surface area contributed by atoms with Crippen LogP contribution in [0.5, 0.6) is 5.75 Å². The first-order valence-electron chi connectivity index (χ1n) is 7.29. The molecule has 0 saturated carbocycles. The summed E-state index contributed by atoms with van der Waals surface area (Å²) in [6.45, 7) is 5.18. The maximum atomic E-state index is 13.2. The molecule has 2 rings (SSSR count). The summed E-state index contributed by atoms with van der Waals surface area (Å²) in [6.07, 6.45) is 3.90. The van der Waals surface area contributed by atoms with Crippen LogP contribution in [0.1, 0.15) is 38.2 Å². The lowest BCUT2D eigenvalue weighted by molar-refractivity contribution is -0.137. The normalized spacial score (nSPS) is 17.4. The number of halogens is 1. The lowest BCUT2D eigenvalue weighted by Crippen LogP contribution is -2.41. The van der Waals surface area contributed by atoms with Gasteiger partial charge in [0.2, 0.25) is 0 Å². The Kier molecular flexibility index (Phi) is 4.99. The van der Waals surface area contributed by atoms with E-state index in [4.69, 9.17) is 4.74 Å². The zero-order valence-electron chi connectivity index (χ0n) is 12.2. The number of ether oxygens (including phenoxy) is 1. The zero-order valence-corrected chi connectivity index (χ0v) is 12.2. The summed E-state index contributed by atoms with van der Waals surface area (Å²) in [5.41, 5.74) is 0.835. The molecule has 0 N–H and O–H groups in total. The number of carbonyl (C=O) groups is 1. The molecule has 0 radical (unpaired) electrons. The van der Waals surface area contributed by atoms with Gasteiger partial charge in [0.15, 0.2) is 6.10 Å². The van der Waals surface area contributed by atoms with E-state index in [0.29, 0.717) is 5.75 Å². The van der Waals surface area contributed by atoms with Gasteiger partial charge >= 0.3 is 0 Å². The minimum Gasteiger partial charge on any atom is -0.481 e. The smallest absolute Gasteiger partial charge is 0.263 e. The number of hydrogen-bond donors (Lipinski definition) is 0. The molecule has 1 aromatic rings. The highest BCUT2D eigenvalue weighted by Crippen LogP contribution is 2.21. The van der Waals surface area contributed by atoms with E-state index in [1.165, 1.54) is 25.0 Å². The fraction of sp³-hybridized carbons (Fsp3) is 0.562. The molecule has 1 fully saturated rings. The molecule has 1 aromatic carbocycles. The molecule has 1 atom stereocenters. The molecule has 1 unspecified atom stereocenters. The Hall–Kier alpha value is -1.58. The molecule has 0 aromatic heterocycles. The predicted octanol–water partition coefficient (Wildman–Crippen LogP) is 3.30.